The Kier molecular flexibility index (Phi) is 7.63. The van der Waals surface area contributed by atoms with E-state index in [2.05, 4.69) is 16.0 Å². The molecule has 142 valence electrons. The van der Waals surface area contributed by atoms with Crippen LogP contribution in [0, 0.1) is 0 Å². The molecule has 0 aliphatic rings. The van der Waals surface area contributed by atoms with Gasteiger partial charge in [-0.15, -0.1) is 0 Å². The Balaban J connectivity index is 1.68. The molecule has 0 saturated carbocycles. The molecule has 27 heavy (non-hydrogen) atoms. The average Bonchev–Trinajstić information content (AvgIpc) is 2.64. The fourth-order valence-electron chi connectivity index (χ4n) is 2.15. The highest BCUT2D eigenvalue weighted by Crippen LogP contribution is 2.15. The van der Waals surface area contributed by atoms with Gasteiger partial charge in [0.2, 0.25) is 5.91 Å². The predicted octanol–water partition coefficient (Wildman–Crippen LogP) is 2.22. The Bertz CT molecular complexity index is 809. The minimum absolute atomic E-state index is 0.131. The molecule has 0 bridgehead atoms. The molecule has 0 aliphatic heterocycles. The van der Waals surface area contributed by atoms with Crippen LogP contribution in [0.25, 0.3) is 0 Å². The highest BCUT2D eigenvalue weighted by molar-refractivity contribution is 6.30. The van der Waals surface area contributed by atoms with Gasteiger partial charge in [0, 0.05) is 36.3 Å². The van der Waals surface area contributed by atoms with E-state index in [0.29, 0.717) is 22.0 Å². The molecule has 3 amide bonds. The van der Waals surface area contributed by atoms with Gasteiger partial charge in [0.05, 0.1) is 0 Å². The fourth-order valence-corrected chi connectivity index (χ4v) is 2.28. The molecular weight excluding hydrogens is 370 g/mol. The zero-order chi connectivity index (χ0) is 19.6. The van der Waals surface area contributed by atoms with Crippen LogP contribution in [0.1, 0.15) is 17.3 Å². The summed E-state index contributed by atoms with van der Waals surface area (Å²) >= 11 is 5.77. The van der Waals surface area contributed by atoms with Gasteiger partial charge in [-0.05, 0) is 42.5 Å². The van der Waals surface area contributed by atoms with Crippen LogP contribution >= 0.6 is 11.6 Å². The molecule has 0 radical (unpaired) electrons. The number of nitrogens with one attached hydrogen (secondary N) is 3. The highest BCUT2D eigenvalue weighted by Gasteiger charge is 2.07. The number of hydrogen-bond donors (Lipinski definition) is 3. The van der Waals surface area contributed by atoms with Crippen LogP contribution < -0.4 is 20.7 Å². The molecule has 0 aromatic heterocycles. The molecule has 0 saturated heterocycles. The molecule has 2 aromatic carbocycles. The van der Waals surface area contributed by atoms with E-state index in [1.807, 2.05) is 0 Å². The van der Waals surface area contributed by atoms with E-state index < -0.39 is 0 Å². The van der Waals surface area contributed by atoms with Crippen molar-refractivity contribution < 1.29 is 19.1 Å². The molecule has 0 spiro atoms. The Morgan fingerprint density at radius 1 is 1.00 bits per heavy atom. The lowest BCUT2D eigenvalue weighted by atomic mass is 10.2. The van der Waals surface area contributed by atoms with Crippen LogP contribution in [0.3, 0.4) is 0 Å². The number of rotatable bonds is 8. The van der Waals surface area contributed by atoms with Crippen molar-refractivity contribution in [1.82, 2.24) is 10.6 Å². The molecule has 0 atom stereocenters. The average molecular weight is 390 g/mol. The number of carbonyl (C=O) groups excluding carboxylic acids is 3. The number of benzene rings is 2. The second-order valence-corrected chi connectivity index (χ2v) is 6.05. The lowest BCUT2D eigenvalue weighted by Crippen LogP contribution is -2.36. The van der Waals surface area contributed by atoms with E-state index in [1.54, 1.807) is 48.5 Å². The number of amides is 3. The van der Waals surface area contributed by atoms with Crippen LogP contribution in [0.15, 0.2) is 48.5 Å². The third kappa shape index (κ3) is 7.37. The molecule has 3 N–H and O–H groups in total. The predicted molar refractivity (Wildman–Crippen MR) is 103 cm³/mol. The summed E-state index contributed by atoms with van der Waals surface area (Å²) in [5.41, 5.74) is 0.960. The van der Waals surface area contributed by atoms with E-state index in [9.17, 15) is 14.4 Å². The maximum absolute atomic E-state index is 12.1. The first-order valence-electron chi connectivity index (χ1n) is 8.25. The van der Waals surface area contributed by atoms with Crippen LogP contribution in [0.2, 0.25) is 5.02 Å². The smallest absolute Gasteiger partial charge is 0.258 e. The molecule has 0 aliphatic carbocycles. The van der Waals surface area contributed by atoms with Crippen LogP contribution in [0.5, 0.6) is 5.75 Å². The lowest BCUT2D eigenvalue weighted by molar-refractivity contribution is -0.123. The summed E-state index contributed by atoms with van der Waals surface area (Å²) in [7, 11) is 0. The van der Waals surface area contributed by atoms with Gasteiger partial charge in [-0.25, -0.2) is 0 Å². The quantitative estimate of drug-likeness (QED) is 0.603. The molecule has 2 aromatic rings. The fraction of sp³-hybridized carbons (Fsp3) is 0.211. The normalized spacial score (nSPS) is 10.0. The van der Waals surface area contributed by atoms with Gasteiger partial charge in [0.1, 0.15) is 5.75 Å². The van der Waals surface area contributed by atoms with Crippen LogP contribution in [-0.2, 0) is 9.59 Å². The second kappa shape index (κ2) is 10.2. The summed E-state index contributed by atoms with van der Waals surface area (Å²) in [4.78, 5) is 34.9. The molecule has 0 unspecified atom stereocenters. The Labute approximate surface area is 162 Å². The third-order valence-corrected chi connectivity index (χ3v) is 3.61. The first kappa shape index (κ1) is 20.3. The summed E-state index contributed by atoms with van der Waals surface area (Å²) in [5, 5.41) is 8.54. The highest BCUT2D eigenvalue weighted by atomic mass is 35.5. The number of ether oxygens (including phenoxy) is 1. The number of anilines is 1. The first-order valence-corrected chi connectivity index (χ1v) is 8.63. The van der Waals surface area contributed by atoms with Gasteiger partial charge in [0.15, 0.2) is 6.61 Å². The second-order valence-electron chi connectivity index (χ2n) is 5.61. The van der Waals surface area contributed by atoms with Gasteiger partial charge in [-0.2, -0.15) is 0 Å². The monoisotopic (exact) mass is 389 g/mol. The Hall–Kier alpha value is -3.06. The molecular formula is C19H20ClN3O4. The van der Waals surface area contributed by atoms with E-state index in [-0.39, 0.29) is 37.4 Å². The van der Waals surface area contributed by atoms with Crippen molar-refractivity contribution in [2.75, 3.05) is 25.0 Å². The summed E-state index contributed by atoms with van der Waals surface area (Å²) in [5.74, 6) is -0.265. The van der Waals surface area contributed by atoms with E-state index in [1.165, 1.54) is 6.92 Å². The summed E-state index contributed by atoms with van der Waals surface area (Å²) in [6.07, 6.45) is 0. The molecule has 2 rings (SSSR count). The van der Waals surface area contributed by atoms with Gasteiger partial charge < -0.3 is 20.7 Å². The Morgan fingerprint density at radius 2 is 1.70 bits per heavy atom. The summed E-state index contributed by atoms with van der Waals surface area (Å²) < 4.78 is 5.32. The van der Waals surface area contributed by atoms with Crippen molar-refractivity contribution in [3.63, 3.8) is 0 Å². The third-order valence-electron chi connectivity index (χ3n) is 3.36. The minimum atomic E-state index is -0.299. The number of halogens is 1. The SMILES string of the molecule is CC(=O)Nc1cccc(C(=O)NCCNC(=O)COc2ccc(Cl)cc2)c1. The molecule has 0 heterocycles. The zero-order valence-corrected chi connectivity index (χ0v) is 15.5. The summed E-state index contributed by atoms with van der Waals surface area (Å²) in [6, 6.07) is 13.3. The maximum Gasteiger partial charge on any atom is 0.258 e. The number of carbonyl (C=O) groups is 3. The summed E-state index contributed by atoms with van der Waals surface area (Å²) in [6.45, 7) is 1.79. The number of hydrogen-bond acceptors (Lipinski definition) is 4. The molecule has 0 fully saturated rings. The van der Waals surface area contributed by atoms with Crippen molar-refractivity contribution >= 4 is 35.0 Å². The zero-order valence-electron chi connectivity index (χ0n) is 14.8. The van der Waals surface area contributed by atoms with Crippen molar-refractivity contribution in [2.24, 2.45) is 0 Å². The Morgan fingerprint density at radius 3 is 2.41 bits per heavy atom. The van der Waals surface area contributed by atoms with Crippen LogP contribution in [-0.4, -0.2) is 37.4 Å². The van der Waals surface area contributed by atoms with Gasteiger partial charge in [-0.1, -0.05) is 17.7 Å². The van der Waals surface area contributed by atoms with Crippen molar-refractivity contribution in [3.8, 4) is 5.75 Å². The minimum Gasteiger partial charge on any atom is -0.484 e. The van der Waals surface area contributed by atoms with Crippen molar-refractivity contribution in [2.45, 2.75) is 6.92 Å². The standard InChI is InChI=1S/C19H20ClN3O4/c1-13(24)23-16-4-2-3-14(11-16)19(26)22-10-9-21-18(25)12-27-17-7-5-15(20)6-8-17/h2-8,11H,9-10,12H2,1H3,(H,21,25)(H,22,26)(H,23,24). The van der Waals surface area contributed by atoms with E-state index >= 15 is 0 Å². The maximum atomic E-state index is 12.1. The lowest BCUT2D eigenvalue weighted by Gasteiger charge is -2.09. The molecule has 7 nitrogen and oxygen atoms in total. The van der Waals surface area contributed by atoms with Crippen LogP contribution in [0.4, 0.5) is 5.69 Å². The van der Waals surface area contributed by atoms with E-state index in [4.69, 9.17) is 16.3 Å². The van der Waals surface area contributed by atoms with E-state index in [0.717, 1.165) is 0 Å². The largest absolute Gasteiger partial charge is 0.484 e. The van der Waals surface area contributed by atoms with Crippen molar-refractivity contribution in [3.05, 3.63) is 59.1 Å². The van der Waals surface area contributed by atoms with Gasteiger partial charge in [0.25, 0.3) is 11.8 Å². The topological polar surface area (TPSA) is 96.5 Å². The van der Waals surface area contributed by atoms with Gasteiger partial charge in [-0.3, -0.25) is 14.4 Å². The van der Waals surface area contributed by atoms with Gasteiger partial charge >= 0.3 is 0 Å². The first-order chi connectivity index (χ1) is 12.9. The van der Waals surface area contributed by atoms with Crippen molar-refractivity contribution in [1.29, 1.82) is 0 Å². The molecule has 8 heteroatoms.